The maximum Gasteiger partial charge on any atom is 0.254 e. The first-order valence-electron chi connectivity index (χ1n) is 10.6. The number of carbonyl (C=O) groups excluding carboxylic acids is 1. The second-order valence-corrected chi connectivity index (χ2v) is 8.40. The van der Waals surface area contributed by atoms with Crippen LogP contribution in [0.5, 0.6) is 0 Å². The van der Waals surface area contributed by atoms with Crippen molar-refractivity contribution >= 4 is 5.91 Å². The van der Waals surface area contributed by atoms with Crippen molar-refractivity contribution in [3.05, 3.63) is 76.6 Å². The molecule has 30 heavy (non-hydrogen) atoms. The molecule has 2 aromatic carbocycles. The van der Waals surface area contributed by atoms with E-state index in [2.05, 4.69) is 21.2 Å². The number of aromatic amines is 1. The molecule has 1 aromatic heterocycles. The molecule has 0 spiro atoms. The molecule has 2 aliphatic carbocycles. The molecule has 0 saturated heterocycles. The highest BCUT2D eigenvalue weighted by Crippen LogP contribution is 2.35. The number of hydrogen-bond donors (Lipinski definition) is 1. The molecule has 3 aromatic rings. The highest BCUT2D eigenvalue weighted by Gasteiger charge is 2.39. The first-order chi connectivity index (χ1) is 14.7. The molecule has 1 saturated carbocycles. The minimum Gasteiger partial charge on any atom is -0.332 e. The molecule has 1 amide bonds. The summed E-state index contributed by atoms with van der Waals surface area (Å²) in [7, 11) is 0. The van der Waals surface area contributed by atoms with Gasteiger partial charge in [-0.15, -0.1) is 0 Å². The average molecular weight is 396 g/mol. The monoisotopic (exact) mass is 396 g/mol. The van der Waals surface area contributed by atoms with Crippen molar-refractivity contribution in [3.63, 3.8) is 0 Å². The molecule has 5 nitrogen and oxygen atoms in total. The fourth-order valence-electron chi connectivity index (χ4n) is 4.66. The van der Waals surface area contributed by atoms with E-state index in [0.717, 1.165) is 54.4 Å². The molecule has 0 aliphatic heterocycles. The zero-order valence-corrected chi connectivity index (χ0v) is 17.1. The fraction of sp³-hybridized carbons (Fsp3) is 0.320. The highest BCUT2D eigenvalue weighted by atomic mass is 16.2. The maximum absolute atomic E-state index is 13.6. The largest absolute Gasteiger partial charge is 0.332 e. The van der Waals surface area contributed by atoms with Crippen LogP contribution in [0, 0.1) is 18.3 Å². The number of aryl methyl sites for hydroxylation is 2. The number of nitrogens with zero attached hydrogens (tertiary/aromatic N) is 3. The predicted molar refractivity (Wildman–Crippen MR) is 115 cm³/mol. The van der Waals surface area contributed by atoms with Crippen LogP contribution >= 0.6 is 0 Å². The number of hydrogen-bond acceptors (Lipinski definition) is 3. The Morgan fingerprint density at radius 2 is 2.00 bits per heavy atom. The summed E-state index contributed by atoms with van der Waals surface area (Å²) in [6.45, 7) is 1.99. The van der Waals surface area contributed by atoms with Gasteiger partial charge in [0.2, 0.25) is 0 Å². The Hall–Kier alpha value is -3.39. The third-order valence-electron chi connectivity index (χ3n) is 6.37. The Labute approximate surface area is 176 Å². The molecule has 1 atom stereocenters. The van der Waals surface area contributed by atoms with Crippen LogP contribution in [-0.2, 0) is 12.8 Å². The molecule has 1 heterocycles. The summed E-state index contributed by atoms with van der Waals surface area (Å²) >= 11 is 0. The Balaban J connectivity index is 1.44. The minimum absolute atomic E-state index is 0.132. The third kappa shape index (κ3) is 3.29. The predicted octanol–water partition coefficient (Wildman–Crippen LogP) is 4.42. The van der Waals surface area contributed by atoms with Gasteiger partial charge in [-0.05, 0) is 73.4 Å². The second-order valence-electron chi connectivity index (χ2n) is 8.40. The van der Waals surface area contributed by atoms with Gasteiger partial charge in [-0.2, -0.15) is 10.4 Å². The van der Waals surface area contributed by atoms with Crippen LogP contribution in [0.1, 0.15) is 52.0 Å². The van der Waals surface area contributed by atoms with Gasteiger partial charge in [-0.25, -0.2) is 0 Å². The molecule has 150 valence electrons. The van der Waals surface area contributed by atoms with E-state index in [9.17, 15) is 10.1 Å². The van der Waals surface area contributed by atoms with Crippen LogP contribution in [0.2, 0.25) is 0 Å². The molecule has 1 unspecified atom stereocenters. The average Bonchev–Trinajstić information content (AvgIpc) is 3.49. The van der Waals surface area contributed by atoms with Gasteiger partial charge in [-0.3, -0.25) is 9.89 Å². The van der Waals surface area contributed by atoms with E-state index in [1.807, 2.05) is 55.6 Å². The quantitative estimate of drug-likeness (QED) is 0.709. The first kappa shape index (κ1) is 18.6. The number of benzene rings is 2. The van der Waals surface area contributed by atoms with E-state index in [4.69, 9.17) is 0 Å². The number of aromatic nitrogens is 2. The van der Waals surface area contributed by atoms with Gasteiger partial charge in [0.25, 0.3) is 5.91 Å². The topological polar surface area (TPSA) is 72.8 Å². The molecule has 2 aliphatic rings. The maximum atomic E-state index is 13.6. The Kier molecular flexibility index (Phi) is 4.63. The van der Waals surface area contributed by atoms with Gasteiger partial charge in [0.05, 0.1) is 17.8 Å². The summed E-state index contributed by atoms with van der Waals surface area (Å²) in [5, 5.41) is 16.7. The molecule has 1 N–H and O–H groups in total. The van der Waals surface area contributed by atoms with Crippen molar-refractivity contribution in [2.75, 3.05) is 0 Å². The van der Waals surface area contributed by atoms with Crippen molar-refractivity contribution in [1.82, 2.24) is 15.1 Å². The highest BCUT2D eigenvalue weighted by molar-refractivity contribution is 5.97. The van der Waals surface area contributed by atoms with E-state index in [0.29, 0.717) is 11.6 Å². The lowest BCUT2D eigenvalue weighted by molar-refractivity contribution is 0.0642. The Morgan fingerprint density at radius 1 is 1.17 bits per heavy atom. The molecule has 5 heteroatoms. The lowest BCUT2D eigenvalue weighted by atomic mass is 9.91. The van der Waals surface area contributed by atoms with Crippen molar-refractivity contribution < 1.29 is 4.79 Å². The van der Waals surface area contributed by atoms with E-state index < -0.39 is 0 Å². The van der Waals surface area contributed by atoms with Crippen LogP contribution < -0.4 is 0 Å². The second kappa shape index (κ2) is 7.46. The van der Waals surface area contributed by atoms with Crippen molar-refractivity contribution in [2.45, 2.75) is 51.1 Å². The SMILES string of the molecule is Cc1cc(-c2ccccc2C#N)ccc1C(=O)N(C1CC1)C1CCc2[nH]ncc2C1. The van der Waals surface area contributed by atoms with E-state index >= 15 is 0 Å². The zero-order valence-electron chi connectivity index (χ0n) is 17.1. The number of rotatable bonds is 4. The lowest BCUT2D eigenvalue weighted by Crippen LogP contribution is -2.45. The summed E-state index contributed by atoms with van der Waals surface area (Å²) in [5.74, 6) is 0.132. The molecule has 1 fully saturated rings. The van der Waals surface area contributed by atoms with Crippen molar-refractivity contribution in [2.24, 2.45) is 0 Å². The van der Waals surface area contributed by atoms with Crippen molar-refractivity contribution in [3.8, 4) is 17.2 Å². The summed E-state index contributed by atoms with van der Waals surface area (Å²) < 4.78 is 0. The summed E-state index contributed by atoms with van der Waals surface area (Å²) in [4.78, 5) is 15.8. The van der Waals surface area contributed by atoms with Crippen molar-refractivity contribution in [1.29, 1.82) is 5.26 Å². The van der Waals surface area contributed by atoms with Gasteiger partial charge in [0.1, 0.15) is 0 Å². The Bertz CT molecular complexity index is 1150. The van der Waals surface area contributed by atoms with Gasteiger partial charge >= 0.3 is 0 Å². The first-order valence-corrected chi connectivity index (χ1v) is 10.6. The van der Waals surface area contributed by atoms with Crippen LogP contribution in [0.3, 0.4) is 0 Å². The number of amides is 1. The number of H-pyrrole nitrogens is 1. The zero-order chi connectivity index (χ0) is 20.7. The van der Waals surface area contributed by atoms with E-state index in [-0.39, 0.29) is 11.9 Å². The van der Waals surface area contributed by atoms with E-state index in [1.165, 1.54) is 11.3 Å². The summed E-state index contributed by atoms with van der Waals surface area (Å²) in [6.07, 6.45) is 6.88. The van der Waals surface area contributed by atoms with Gasteiger partial charge in [0, 0.05) is 23.3 Å². The molecular formula is C25H24N4O. The molecule has 0 radical (unpaired) electrons. The molecular weight excluding hydrogens is 372 g/mol. The summed E-state index contributed by atoms with van der Waals surface area (Å²) in [6, 6.07) is 16.4. The smallest absolute Gasteiger partial charge is 0.254 e. The number of fused-ring (bicyclic) bond motifs is 1. The summed E-state index contributed by atoms with van der Waals surface area (Å²) in [5.41, 5.74) is 6.69. The standard InChI is InChI=1S/C25H24N4O/c1-16-12-17(23-5-3-2-4-18(23)14-26)6-10-22(16)25(30)29(20-7-8-20)21-9-11-24-19(13-21)15-27-28-24/h2-6,10,12,15,20-21H,7-9,11,13H2,1H3,(H,27,28). The van der Waals surface area contributed by atoms with Crippen LogP contribution in [0.25, 0.3) is 11.1 Å². The number of nitriles is 1. The van der Waals surface area contributed by atoms with Gasteiger partial charge in [0.15, 0.2) is 0 Å². The number of nitrogens with one attached hydrogen (secondary N) is 1. The van der Waals surface area contributed by atoms with Crippen LogP contribution in [-0.4, -0.2) is 33.1 Å². The molecule has 5 rings (SSSR count). The van der Waals surface area contributed by atoms with Gasteiger partial charge in [-0.1, -0.05) is 30.3 Å². The molecule has 0 bridgehead atoms. The van der Waals surface area contributed by atoms with Crippen LogP contribution in [0.4, 0.5) is 0 Å². The van der Waals surface area contributed by atoms with E-state index in [1.54, 1.807) is 0 Å². The Morgan fingerprint density at radius 3 is 2.77 bits per heavy atom. The normalized spacial score (nSPS) is 17.8. The lowest BCUT2D eigenvalue weighted by Gasteiger charge is -2.35. The minimum atomic E-state index is 0.132. The van der Waals surface area contributed by atoms with Crippen LogP contribution in [0.15, 0.2) is 48.7 Å². The van der Waals surface area contributed by atoms with Gasteiger partial charge < -0.3 is 4.90 Å². The third-order valence-corrected chi connectivity index (χ3v) is 6.37. The number of carbonyl (C=O) groups is 1. The fourth-order valence-corrected chi connectivity index (χ4v) is 4.66.